The fourth-order valence-electron chi connectivity index (χ4n) is 3.29. The Morgan fingerprint density at radius 1 is 0.917 bits per heavy atom. The van der Waals surface area contributed by atoms with Crippen molar-refractivity contribution < 1.29 is 37.8 Å². The van der Waals surface area contributed by atoms with Gasteiger partial charge in [-0.25, -0.2) is 4.79 Å². The highest BCUT2D eigenvalue weighted by atomic mass is 16.6. The first-order valence-corrected chi connectivity index (χ1v) is 11.0. The summed E-state index contributed by atoms with van der Waals surface area (Å²) in [6, 6.07) is 8.99. The molecule has 0 aliphatic heterocycles. The van der Waals surface area contributed by atoms with Gasteiger partial charge in [0.15, 0.2) is 6.61 Å². The number of rotatable bonds is 11. The molecular formula is C25H29N3O8. The number of aromatic nitrogens is 2. The van der Waals surface area contributed by atoms with Crippen molar-refractivity contribution in [3.05, 3.63) is 47.9 Å². The van der Waals surface area contributed by atoms with E-state index in [-0.39, 0.29) is 29.8 Å². The Bertz CT molecular complexity index is 1190. The van der Waals surface area contributed by atoms with Gasteiger partial charge in [0.1, 0.15) is 29.0 Å². The highest BCUT2D eigenvalue weighted by Gasteiger charge is 2.27. The third-order valence-corrected chi connectivity index (χ3v) is 5.28. The van der Waals surface area contributed by atoms with Crippen LogP contribution in [0.2, 0.25) is 0 Å². The largest absolute Gasteiger partial charge is 0.497 e. The summed E-state index contributed by atoms with van der Waals surface area (Å²) >= 11 is 0. The smallest absolute Gasteiger partial charge is 0.329 e. The van der Waals surface area contributed by atoms with Gasteiger partial charge in [-0.2, -0.15) is 4.98 Å². The number of benzene rings is 2. The number of ether oxygens (including phenoxy) is 5. The second-order valence-electron chi connectivity index (χ2n) is 7.98. The highest BCUT2D eigenvalue weighted by molar-refractivity contribution is 5.97. The van der Waals surface area contributed by atoms with Crippen molar-refractivity contribution in [2.45, 2.75) is 26.5 Å². The van der Waals surface area contributed by atoms with E-state index < -0.39 is 17.9 Å². The Balaban J connectivity index is 1.68. The number of esters is 1. The first-order valence-electron chi connectivity index (χ1n) is 11.0. The van der Waals surface area contributed by atoms with Crippen molar-refractivity contribution in [3.63, 3.8) is 0 Å². The van der Waals surface area contributed by atoms with Crippen LogP contribution in [-0.2, 0) is 16.1 Å². The van der Waals surface area contributed by atoms with Gasteiger partial charge in [-0.3, -0.25) is 4.79 Å². The molecule has 0 aliphatic carbocycles. The van der Waals surface area contributed by atoms with Crippen LogP contribution in [0, 0.1) is 5.92 Å². The van der Waals surface area contributed by atoms with Crippen LogP contribution in [0.1, 0.15) is 30.1 Å². The molecule has 1 atom stereocenters. The third kappa shape index (κ3) is 6.23. The lowest BCUT2D eigenvalue weighted by Crippen LogP contribution is -2.45. The van der Waals surface area contributed by atoms with Crippen molar-refractivity contribution in [1.29, 1.82) is 0 Å². The summed E-state index contributed by atoms with van der Waals surface area (Å²) in [4.78, 5) is 29.9. The third-order valence-electron chi connectivity index (χ3n) is 5.28. The molecule has 2 aromatic carbocycles. The molecule has 11 nitrogen and oxygen atoms in total. The molecule has 1 N–H and O–H groups in total. The Kier molecular flexibility index (Phi) is 8.71. The summed E-state index contributed by atoms with van der Waals surface area (Å²) in [6.45, 7) is 3.31. The fraction of sp³-hybridized carbons (Fsp3) is 0.360. The zero-order chi connectivity index (χ0) is 26.2. The van der Waals surface area contributed by atoms with E-state index in [9.17, 15) is 9.59 Å². The van der Waals surface area contributed by atoms with E-state index in [1.54, 1.807) is 57.4 Å². The quantitative estimate of drug-likeness (QED) is 0.392. The molecule has 0 aliphatic rings. The number of hydrogen-bond acceptors (Lipinski definition) is 10. The zero-order valence-corrected chi connectivity index (χ0v) is 21.0. The SMILES string of the molecule is COc1cc(OC)cc(C(=O)N[C@H](C(=O)OCc2nc(-c3ccc(OC)cc3OC)no2)C(C)C)c1. The average molecular weight is 500 g/mol. The normalized spacial score (nSPS) is 11.5. The molecule has 0 radical (unpaired) electrons. The maximum Gasteiger partial charge on any atom is 0.329 e. The minimum Gasteiger partial charge on any atom is -0.497 e. The molecule has 0 bridgehead atoms. The number of carbonyl (C=O) groups is 2. The van der Waals surface area contributed by atoms with Crippen LogP contribution in [0.15, 0.2) is 40.9 Å². The van der Waals surface area contributed by atoms with E-state index in [2.05, 4.69) is 15.5 Å². The van der Waals surface area contributed by atoms with Gasteiger partial charge in [0.25, 0.3) is 11.8 Å². The first-order chi connectivity index (χ1) is 17.3. The lowest BCUT2D eigenvalue weighted by Gasteiger charge is -2.20. The number of hydrogen-bond donors (Lipinski definition) is 1. The Morgan fingerprint density at radius 2 is 1.58 bits per heavy atom. The van der Waals surface area contributed by atoms with E-state index in [4.69, 9.17) is 28.2 Å². The molecule has 36 heavy (non-hydrogen) atoms. The minimum absolute atomic E-state index is 0.0857. The topological polar surface area (TPSA) is 131 Å². The van der Waals surface area contributed by atoms with Gasteiger partial charge in [-0.1, -0.05) is 19.0 Å². The zero-order valence-electron chi connectivity index (χ0n) is 21.0. The van der Waals surface area contributed by atoms with Crippen LogP contribution in [0.3, 0.4) is 0 Å². The summed E-state index contributed by atoms with van der Waals surface area (Å²) in [7, 11) is 6.04. The van der Waals surface area contributed by atoms with Crippen LogP contribution < -0.4 is 24.3 Å². The molecule has 192 valence electrons. The Morgan fingerprint density at radius 3 is 2.17 bits per heavy atom. The van der Waals surface area contributed by atoms with Gasteiger partial charge in [0.05, 0.1) is 34.0 Å². The molecule has 0 spiro atoms. The van der Waals surface area contributed by atoms with E-state index in [0.29, 0.717) is 28.6 Å². The van der Waals surface area contributed by atoms with Gasteiger partial charge in [-0.05, 0) is 30.2 Å². The molecule has 3 rings (SSSR count). The summed E-state index contributed by atoms with van der Waals surface area (Å²) < 4.78 is 31.6. The Hall–Kier alpha value is -4.28. The van der Waals surface area contributed by atoms with Crippen LogP contribution in [-0.4, -0.2) is 56.5 Å². The maximum absolute atomic E-state index is 12.8. The molecule has 11 heteroatoms. The number of carbonyl (C=O) groups excluding carboxylic acids is 2. The predicted octanol–water partition coefficient (Wildman–Crippen LogP) is 3.27. The fourth-order valence-corrected chi connectivity index (χ4v) is 3.29. The van der Waals surface area contributed by atoms with E-state index >= 15 is 0 Å². The monoisotopic (exact) mass is 499 g/mol. The molecule has 1 amide bonds. The van der Waals surface area contributed by atoms with Crippen molar-refractivity contribution >= 4 is 11.9 Å². The number of methoxy groups -OCH3 is 4. The van der Waals surface area contributed by atoms with Crippen molar-refractivity contribution in [2.24, 2.45) is 5.92 Å². The number of nitrogens with one attached hydrogen (secondary N) is 1. The molecule has 0 saturated heterocycles. The van der Waals surface area contributed by atoms with Crippen molar-refractivity contribution in [3.8, 4) is 34.4 Å². The van der Waals surface area contributed by atoms with Crippen LogP contribution in [0.4, 0.5) is 0 Å². The standard InChI is InChI=1S/C25H29N3O8/c1-14(2)22(27-24(29)15-9-17(32-4)11-18(10-15)33-5)25(30)35-13-21-26-23(28-36-21)19-8-7-16(31-3)12-20(19)34-6/h7-12,14,22H,13H2,1-6H3,(H,27,29)/t22-/m0/s1. The van der Waals surface area contributed by atoms with Crippen LogP contribution in [0.25, 0.3) is 11.4 Å². The van der Waals surface area contributed by atoms with Gasteiger partial charge >= 0.3 is 5.97 Å². The summed E-state index contributed by atoms with van der Waals surface area (Å²) in [6.07, 6.45) is 0. The average Bonchev–Trinajstić information content (AvgIpc) is 3.37. The maximum atomic E-state index is 12.8. The minimum atomic E-state index is -0.918. The van der Waals surface area contributed by atoms with Gasteiger partial charge in [-0.15, -0.1) is 0 Å². The highest BCUT2D eigenvalue weighted by Crippen LogP contribution is 2.31. The number of amides is 1. The van der Waals surface area contributed by atoms with Gasteiger partial charge in [0.2, 0.25) is 5.82 Å². The van der Waals surface area contributed by atoms with Gasteiger partial charge < -0.3 is 33.5 Å². The predicted molar refractivity (Wildman–Crippen MR) is 128 cm³/mol. The number of nitrogens with zero attached hydrogens (tertiary/aromatic N) is 2. The lowest BCUT2D eigenvalue weighted by molar-refractivity contribution is -0.149. The molecule has 0 saturated carbocycles. The summed E-state index contributed by atoms with van der Waals surface area (Å²) in [5.41, 5.74) is 0.861. The van der Waals surface area contributed by atoms with Crippen LogP contribution >= 0.6 is 0 Å². The van der Waals surface area contributed by atoms with E-state index in [1.807, 2.05) is 0 Å². The molecule has 0 unspecified atom stereocenters. The molecular weight excluding hydrogens is 470 g/mol. The second kappa shape index (κ2) is 11.9. The summed E-state index contributed by atoms with van der Waals surface area (Å²) in [5, 5.41) is 6.65. The molecule has 1 aromatic heterocycles. The Labute approximate surface area is 208 Å². The van der Waals surface area contributed by atoms with Crippen molar-refractivity contribution in [2.75, 3.05) is 28.4 Å². The van der Waals surface area contributed by atoms with Gasteiger partial charge in [0, 0.05) is 17.7 Å². The van der Waals surface area contributed by atoms with Crippen molar-refractivity contribution in [1.82, 2.24) is 15.5 Å². The first kappa shape index (κ1) is 26.3. The molecule has 1 heterocycles. The second-order valence-corrected chi connectivity index (χ2v) is 7.98. The molecule has 0 fully saturated rings. The molecule has 3 aromatic rings. The van der Waals surface area contributed by atoms with E-state index in [0.717, 1.165) is 0 Å². The lowest BCUT2D eigenvalue weighted by atomic mass is 10.0. The van der Waals surface area contributed by atoms with E-state index in [1.165, 1.54) is 21.3 Å². The van der Waals surface area contributed by atoms with Crippen LogP contribution in [0.5, 0.6) is 23.0 Å². The summed E-state index contributed by atoms with van der Waals surface area (Å²) in [5.74, 6) is 0.981.